The molecule has 7 heteroatoms. The van der Waals surface area contributed by atoms with Crippen LogP contribution in [0.2, 0.25) is 0 Å². The molecule has 7 nitrogen and oxygen atoms in total. The molecule has 1 fully saturated rings. The minimum Gasteiger partial charge on any atom is -0.378 e. The smallest absolute Gasteiger partial charge is 0.227 e. The lowest BCUT2D eigenvalue weighted by Gasteiger charge is -2.28. The predicted octanol–water partition coefficient (Wildman–Crippen LogP) is 2.99. The second-order valence-corrected chi connectivity index (χ2v) is 6.08. The van der Waals surface area contributed by atoms with Gasteiger partial charge in [-0.05, 0) is 36.4 Å². The quantitative estimate of drug-likeness (QED) is 0.767. The van der Waals surface area contributed by atoms with Crippen LogP contribution in [-0.2, 0) is 4.74 Å². The van der Waals surface area contributed by atoms with Crippen LogP contribution in [0, 0.1) is 11.3 Å². The number of morpholine rings is 1. The van der Waals surface area contributed by atoms with Crippen molar-refractivity contribution >= 4 is 17.3 Å². The van der Waals surface area contributed by atoms with Gasteiger partial charge in [-0.1, -0.05) is 0 Å². The molecule has 1 aliphatic rings. The molecule has 2 aromatic heterocycles. The summed E-state index contributed by atoms with van der Waals surface area (Å²) in [6.45, 7) is 3.33. The van der Waals surface area contributed by atoms with Crippen LogP contribution in [-0.4, -0.2) is 41.3 Å². The monoisotopic (exact) mass is 358 g/mol. The molecule has 3 heterocycles. The van der Waals surface area contributed by atoms with E-state index in [0.717, 1.165) is 37.6 Å². The van der Waals surface area contributed by atoms with Crippen molar-refractivity contribution in [3.63, 3.8) is 0 Å². The standard InChI is InChI=1S/C20H18N6O/c21-12-16-14-23-20(25-19(16)15-2-1-7-22-13-15)24-17-3-5-18(6-4-17)26-8-10-27-11-9-26/h1-7,13-14H,8-11H2,(H,23,24,25). The van der Waals surface area contributed by atoms with Crippen LogP contribution < -0.4 is 10.2 Å². The Bertz CT molecular complexity index is 946. The fourth-order valence-electron chi connectivity index (χ4n) is 2.95. The molecule has 4 rings (SSSR count). The Labute approximate surface area is 157 Å². The molecule has 0 spiro atoms. The Morgan fingerprint density at radius 3 is 2.59 bits per heavy atom. The number of hydrogen-bond donors (Lipinski definition) is 1. The average Bonchev–Trinajstić information content (AvgIpc) is 2.75. The van der Waals surface area contributed by atoms with Crippen LogP contribution >= 0.6 is 0 Å². The normalized spacial score (nSPS) is 13.8. The predicted molar refractivity (Wildman–Crippen MR) is 103 cm³/mol. The molecule has 3 aromatic rings. The minimum atomic E-state index is 0.413. The van der Waals surface area contributed by atoms with E-state index in [1.807, 2.05) is 24.3 Å². The molecular formula is C20H18N6O. The number of hydrogen-bond acceptors (Lipinski definition) is 7. The molecule has 0 atom stereocenters. The van der Waals surface area contributed by atoms with Gasteiger partial charge in [0.1, 0.15) is 6.07 Å². The number of nitrogens with one attached hydrogen (secondary N) is 1. The van der Waals surface area contributed by atoms with E-state index in [4.69, 9.17) is 4.74 Å². The maximum Gasteiger partial charge on any atom is 0.227 e. The van der Waals surface area contributed by atoms with E-state index in [-0.39, 0.29) is 0 Å². The average molecular weight is 358 g/mol. The molecule has 0 unspecified atom stereocenters. The number of aromatic nitrogens is 3. The summed E-state index contributed by atoms with van der Waals surface area (Å²) in [5.74, 6) is 0.437. The summed E-state index contributed by atoms with van der Waals surface area (Å²) in [7, 11) is 0. The number of nitriles is 1. The first-order valence-corrected chi connectivity index (χ1v) is 8.71. The van der Waals surface area contributed by atoms with Crippen molar-refractivity contribution in [3.05, 3.63) is 60.6 Å². The Morgan fingerprint density at radius 1 is 1.07 bits per heavy atom. The van der Waals surface area contributed by atoms with Gasteiger partial charge < -0.3 is 15.0 Å². The second-order valence-electron chi connectivity index (χ2n) is 6.08. The molecule has 0 radical (unpaired) electrons. The van der Waals surface area contributed by atoms with E-state index in [1.54, 1.807) is 12.4 Å². The van der Waals surface area contributed by atoms with Gasteiger partial charge in [0.25, 0.3) is 0 Å². The van der Waals surface area contributed by atoms with Crippen molar-refractivity contribution in [2.24, 2.45) is 0 Å². The van der Waals surface area contributed by atoms with Crippen molar-refractivity contribution in [1.29, 1.82) is 5.26 Å². The summed E-state index contributed by atoms with van der Waals surface area (Å²) in [6.07, 6.45) is 4.90. The van der Waals surface area contributed by atoms with Crippen molar-refractivity contribution in [2.45, 2.75) is 0 Å². The Kier molecular flexibility index (Phi) is 4.90. The summed E-state index contributed by atoms with van der Waals surface area (Å²) in [6, 6.07) is 14.0. The van der Waals surface area contributed by atoms with Gasteiger partial charge in [0.2, 0.25) is 5.95 Å². The van der Waals surface area contributed by atoms with E-state index in [1.165, 1.54) is 11.9 Å². The van der Waals surface area contributed by atoms with Crippen molar-refractivity contribution in [2.75, 3.05) is 36.5 Å². The van der Waals surface area contributed by atoms with Crippen molar-refractivity contribution in [1.82, 2.24) is 15.0 Å². The zero-order chi connectivity index (χ0) is 18.5. The van der Waals surface area contributed by atoms with Gasteiger partial charge in [0, 0.05) is 42.4 Å². The van der Waals surface area contributed by atoms with Gasteiger partial charge in [-0.2, -0.15) is 5.26 Å². The lowest BCUT2D eigenvalue weighted by atomic mass is 10.1. The Morgan fingerprint density at radius 2 is 1.89 bits per heavy atom. The highest BCUT2D eigenvalue weighted by Crippen LogP contribution is 2.24. The molecule has 1 saturated heterocycles. The number of benzene rings is 1. The highest BCUT2D eigenvalue weighted by atomic mass is 16.5. The van der Waals surface area contributed by atoms with Gasteiger partial charge >= 0.3 is 0 Å². The number of pyridine rings is 1. The molecule has 0 saturated carbocycles. The van der Waals surface area contributed by atoms with Gasteiger partial charge in [0.15, 0.2) is 0 Å². The first-order chi connectivity index (χ1) is 13.3. The maximum absolute atomic E-state index is 9.33. The Balaban J connectivity index is 1.55. The molecule has 1 N–H and O–H groups in total. The summed E-state index contributed by atoms with van der Waals surface area (Å²) in [4.78, 5) is 15.2. The molecule has 27 heavy (non-hydrogen) atoms. The number of nitrogens with zero attached hydrogens (tertiary/aromatic N) is 5. The first kappa shape index (κ1) is 16.9. The zero-order valence-corrected chi connectivity index (χ0v) is 14.7. The number of ether oxygens (including phenoxy) is 1. The maximum atomic E-state index is 9.33. The van der Waals surface area contributed by atoms with Crippen molar-refractivity contribution in [3.8, 4) is 17.3 Å². The SMILES string of the molecule is N#Cc1cnc(Nc2ccc(N3CCOCC3)cc2)nc1-c1cccnc1. The number of anilines is 3. The molecular weight excluding hydrogens is 340 g/mol. The highest BCUT2D eigenvalue weighted by molar-refractivity contribution is 5.67. The third-order valence-corrected chi connectivity index (χ3v) is 4.34. The van der Waals surface area contributed by atoms with E-state index >= 15 is 0 Å². The Hall–Kier alpha value is -3.50. The first-order valence-electron chi connectivity index (χ1n) is 8.71. The van der Waals surface area contributed by atoms with Gasteiger partial charge in [-0.25, -0.2) is 9.97 Å². The lowest BCUT2D eigenvalue weighted by molar-refractivity contribution is 0.122. The minimum absolute atomic E-state index is 0.413. The molecule has 134 valence electrons. The van der Waals surface area contributed by atoms with E-state index in [2.05, 4.69) is 43.4 Å². The lowest BCUT2D eigenvalue weighted by Crippen LogP contribution is -2.36. The summed E-state index contributed by atoms with van der Waals surface area (Å²) in [5.41, 5.74) is 3.81. The van der Waals surface area contributed by atoms with E-state index in [0.29, 0.717) is 17.2 Å². The molecule has 1 aliphatic heterocycles. The van der Waals surface area contributed by atoms with Crippen LogP contribution in [0.3, 0.4) is 0 Å². The fourth-order valence-corrected chi connectivity index (χ4v) is 2.95. The molecule has 0 bridgehead atoms. The highest BCUT2D eigenvalue weighted by Gasteiger charge is 2.12. The second kappa shape index (κ2) is 7.81. The molecule has 0 aliphatic carbocycles. The summed E-state index contributed by atoms with van der Waals surface area (Å²) < 4.78 is 5.39. The third kappa shape index (κ3) is 3.86. The van der Waals surface area contributed by atoms with Crippen LogP contribution in [0.5, 0.6) is 0 Å². The zero-order valence-electron chi connectivity index (χ0n) is 14.7. The van der Waals surface area contributed by atoms with E-state index < -0.39 is 0 Å². The summed E-state index contributed by atoms with van der Waals surface area (Å²) in [5, 5.41) is 12.5. The largest absolute Gasteiger partial charge is 0.378 e. The molecule has 1 aromatic carbocycles. The van der Waals surface area contributed by atoms with Crippen LogP contribution in [0.4, 0.5) is 17.3 Å². The van der Waals surface area contributed by atoms with Crippen molar-refractivity contribution < 1.29 is 4.74 Å². The van der Waals surface area contributed by atoms with Crippen LogP contribution in [0.1, 0.15) is 5.56 Å². The number of rotatable bonds is 4. The molecule has 0 amide bonds. The van der Waals surface area contributed by atoms with Gasteiger partial charge in [-0.3, -0.25) is 4.98 Å². The topological polar surface area (TPSA) is 87.0 Å². The van der Waals surface area contributed by atoms with Gasteiger partial charge in [-0.15, -0.1) is 0 Å². The fraction of sp³-hybridized carbons (Fsp3) is 0.200. The third-order valence-electron chi connectivity index (χ3n) is 4.34. The van der Waals surface area contributed by atoms with Crippen LogP contribution in [0.25, 0.3) is 11.3 Å². The summed E-state index contributed by atoms with van der Waals surface area (Å²) >= 11 is 0. The van der Waals surface area contributed by atoms with Gasteiger partial charge in [0.05, 0.1) is 30.7 Å². The van der Waals surface area contributed by atoms with Crippen LogP contribution in [0.15, 0.2) is 55.0 Å². The van der Waals surface area contributed by atoms with E-state index in [9.17, 15) is 5.26 Å².